The summed E-state index contributed by atoms with van der Waals surface area (Å²) in [6.07, 6.45) is 17.8. The fourth-order valence-electron chi connectivity index (χ4n) is 5.62. The Morgan fingerprint density at radius 1 is 0.963 bits per heavy atom. The van der Waals surface area contributed by atoms with Gasteiger partial charge in [-0.25, -0.2) is 8.78 Å². The molecule has 1 unspecified atom stereocenters. The van der Waals surface area contributed by atoms with Crippen LogP contribution < -0.4 is 0 Å². The van der Waals surface area contributed by atoms with Gasteiger partial charge in [0.25, 0.3) is 0 Å². The van der Waals surface area contributed by atoms with E-state index in [9.17, 15) is 8.78 Å². The van der Waals surface area contributed by atoms with E-state index >= 15 is 0 Å². The van der Waals surface area contributed by atoms with Gasteiger partial charge in [0.15, 0.2) is 11.6 Å². The van der Waals surface area contributed by atoms with Crippen LogP contribution in [0.15, 0.2) is 43.0 Å². The number of hydrogen-bond acceptors (Lipinski definition) is 0. The van der Waals surface area contributed by atoms with E-state index in [0.717, 1.165) is 29.7 Å². The standard InChI is InChI=1S/C25H34F2/c1-3-5-18-7-9-19(10-8-18)20-11-13-21(14-12-20)23(6-4-2)22-15-16-24(26)25(27)17-22/h3-5,15-21,23H,2,6-14H2,1H3/b5-3+/t18-,19-,20?,21?,23?. The first-order valence-corrected chi connectivity index (χ1v) is 10.8. The van der Waals surface area contributed by atoms with Crippen LogP contribution in [-0.4, -0.2) is 0 Å². The summed E-state index contributed by atoms with van der Waals surface area (Å²) in [5.41, 5.74) is 0.934. The van der Waals surface area contributed by atoms with Crippen LogP contribution in [-0.2, 0) is 0 Å². The number of hydrogen-bond donors (Lipinski definition) is 0. The lowest BCUT2D eigenvalue weighted by atomic mass is 9.66. The summed E-state index contributed by atoms with van der Waals surface area (Å²) in [5.74, 6) is 1.90. The van der Waals surface area contributed by atoms with Gasteiger partial charge in [-0.1, -0.05) is 24.3 Å². The summed E-state index contributed by atoms with van der Waals surface area (Å²) in [7, 11) is 0. The SMILES string of the molecule is C=CCC(c1ccc(F)c(F)c1)C1CCC([C@H]2CC[C@H](/C=C/C)CC2)CC1. The Morgan fingerprint density at radius 3 is 2.15 bits per heavy atom. The fourth-order valence-corrected chi connectivity index (χ4v) is 5.62. The Morgan fingerprint density at radius 2 is 1.59 bits per heavy atom. The maximum absolute atomic E-state index is 13.7. The Balaban J connectivity index is 1.58. The van der Waals surface area contributed by atoms with Crippen molar-refractivity contribution < 1.29 is 8.78 Å². The van der Waals surface area contributed by atoms with Crippen molar-refractivity contribution in [3.05, 3.63) is 60.2 Å². The zero-order chi connectivity index (χ0) is 19.2. The maximum Gasteiger partial charge on any atom is 0.159 e. The van der Waals surface area contributed by atoms with Gasteiger partial charge < -0.3 is 0 Å². The van der Waals surface area contributed by atoms with Crippen molar-refractivity contribution in [3.8, 4) is 0 Å². The molecule has 1 atom stereocenters. The molecule has 2 aliphatic carbocycles. The van der Waals surface area contributed by atoms with Gasteiger partial charge in [-0.15, -0.1) is 6.58 Å². The summed E-state index contributed by atoms with van der Waals surface area (Å²) in [6, 6.07) is 4.44. The molecule has 2 aliphatic rings. The summed E-state index contributed by atoms with van der Waals surface area (Å²) < 4.78 is 27.1. The zero-order valence-corrected chi connectivity index (χ0v) is 16.7. The molecule has 27 heavy (non-hydrogen) atoms. The highest BCUT2D eigenvalue weighted by Gasteiger charge is 2.33. The molecule has 0 N–H and O–H groups in total. The topological polar surface area (TPSA) is 0 Å². The van der Waals surface area contributed by atoms with Crippen LogP contribution in [0, 0.1) is 35.3 Å². The monoisotopic (exact) mass is 372 g/mol. The molecular weight excluding hydrogens is 338 g/mol. The van der Waals surface area contributed by atoms with E-state index in [1.165, 1.54) is 63.5 Å². The molecule has 2 heteroatoms. The van der Waals surface area contributed by atoms with Gasteiger partial charge in [-0.05, 0) is 112 Å². The molecule has 0 amide bonds. The molecular formula is C25H34F2. The second-order valence-corrected chi connectivity index (χ2v) is 8.68. The molecule has 1 aromatic rings. The van der Waals surface area contributed by atoms with Crippen molar-refractivity contribution in [2.24, 2.45) is 23.7 Å². The van der Waals surface area contributed by atoms with Crippen LogP contribution in [0.5, 0.6) is 0 Å². The van der Waals surface area contributed by atoms with Crippen LogP contribution in [0.1, 0.15) is 76.2 Å². The predicted octanol–water partition coefficient (Wildman–Crippen LogP) is 7.81. The van der Waals surface area contributed by atoms with Gasteiger partial charge in [-0.3, -0.25) is 0 Å². The third-order valence-electron chi connectivity index (χ3n) is 7.13. The van der Waals surface area contributed by atoms with E-state index in [1.807, 2.05) is 6.08 Å². The van der Waals surface area contributed by atoms with Gasteiger partial charge in [0.2, 0.25) is 0 Å². The van der Waals surface area contributed by atoms with Crippen molar-refractivity contribution in [2.45, 2.75) is 70.6 Å². The number of allylic oxidation sites excluding steroid dienone is 3. The highest BCUT2D eigenvalue weighted by molar-refractivity contribution is 5.23. The average molecular weight is 373 g/mol. The van der Waals surface area contributed by atoms with E-state index in [1.54, 1.807) is 6.07 Å². The third-order valence-corrected chi connectivity index (χ3v) is 7.13. The lowest BCUT2D eigenvalue weighted by molar-refractivity contribution is 0.146. The Kier molecular flexibility index (Phi) is 7.26. The Bertz CT molecular complexity index is 632. The van der Waals surface area contributed by atoms with E-state index < -0.39 is 11.6 Å². The minimum atomic E-state index is -0.756. The number of rotatable bonds is 6. The molecule has 0 aliphatic heterocycles. The lowest BCUT2D eigenvalue weighted by Gasteiger charge is -2.39. The van der Waals surface area contributed by atoms with Crippen molar-refractivity contribution in [3.63, 3.8) is 0 Å². The first kappa shape index (κ1) is 20.3. The Labute approximate surface area is 163 Å². The Hall–Kier alpha value is -1.44. The maximum atomic E-state index is 13.7. The van der Waals surface area contributed by atoms with Crippen molar-refractivity contribution in [1.29, 1.82) is 0 Å². The highest BCUT2D eigenvalue weighted by atomic mass is 19.2. The van der Waals surface area contributed by atoms with Crippen LogP contribution in [0.25, 0.3) is 0 Å². The van der Waals surface area contributed by atoms with Crippen LogP contribution in [0.2, 0.25) is 0 Å². The fraction of sp³-hybridized carbons (Fsp3) is 0.600. The molecule has 2 fully saturated rings. The largest absolute Gasteiger partial charge is 0.204 e. The van der Waals surface area contributed by atoms with E-state index in [4.69, 9.17) is 0 Å². The van der Waals surface area contributed by atoms with E-state index in [-0.39, 0.29) is 5.92 Å². The van der Waals surface area contributed by atoms with Gasteiger partial charge in [-0.2, -0.15) is 0 Å². The number of halogens is 2. The van der Waals surface area contributed by atoms with E-state index in [0.29, 0.717) is 5.92 Å². The summed E-state index contributed by atoms with van der Waals surface area (Å²) in [5, 5.41) is 0. The lowest BCUT2D eigenvalue weighted by Crippen LogP contribution is -2.27. The van der Waals surface area contributed by atoms with Gasteiger partial charge in [0.05, 0.1) is 0 Å². The molecule has 0 radical (unpaired) electrons. The quantitative estimate of drug-likeness (QED) is 0.447. The zero-order valence-electron chi connectivity index (χ0n) is 16.7. The highest BCUT2D eigenvalue weighted by Crippen LogP contribution is 2.45. The van der Waals surface area contributed by atoms with Gasteiger partial charge in [0.1, 0.15) is 0 Å². The summed E-state index contributed by atoms with van der Waals surface area (Å²) in [6.45, 7) is 6.02. The number of benzene rings is 1. The minimum absolute atomic E-state index is 0.268. The molecule has 0 heterocycles. The van der Waals surface area contributed by atoms with Crippen molar-refractivity contribution in [1.82, 2.24) is 0 Å². The van der Waals surface area contributed by atoms with Crippen LogP contribution in [0.3, 0.4) is 0 Å². The minimum Gasteiger partial charge on any atom is -0.204 e. The average Bonchev–Trinajstić information content (AvgIpc) is 2.69. The second kappa shape index (κ2) is 9.66. The molecule has 0 bridgehead atoms. The molecule has 2 saturated carbocycles. The first-order chi connectivity index (χ1) is 13.1. The van der Waals surface area contributed by atoms with Crippen LogP contribution in [0.4, 0.5) is 8.78 Å². The summed E-state index contributed by atoms with van der Waals surface area (Å²) >= 11 is 0. The van der Waals surface area contributed by atoms with Gasteiger partial charge in [0, 0.05) is 0 Å². The first-order valence-electron chi connectivity index (χ1n) is 10.8. The van der Waals surface area contributed by atoms with Crippen molar-refractivity contribution >= 4 is 0 Å². The van der Waals surface area contributed by atoms with Gasteiger partial charge >= 0.3 is 0 Å². The summed E-state index contributed by atoms with van der Waals surface area (Å²) in [4.78, 5) is 0. The third kappa shape index (κ3) is 5.09. The molecule has 1 aromatic carbocycles. The molecule has 0 aromatic heterocycles. The van der Waals surface area contributed by atoms with Crippen molar-refractivity contribution in [2.75, 3.05) is 0 Å². The smallest absolute Gasteiger partial charge is 0.159 e. The molecule has 3 rings (SSSR count). The molecule has 0 spiro atoms. The molecule has 148 valence electrons. The predicted molar refractivity (Wildman–Crippen MR) is 110 cm³/mol. The normalized spacial score (nSPS) is 30.3. The molecule has 0 nitrogen and oxygen atoms in total. The van der Waals surface area contributed by atoms with E-state index in [2.05, 4.69) is 25.7 Å². The van der Waals surface area contributed by atoms with Crippen LogP contribution >= 0.6 is 0 Å². The molecule has 0 saturated heterocycles. The second-order valence-electron chi connectivity index (χ2n) is 8.68.